The monoisotopic (exact) mass is 536 g/mol. The molecule has 1 saturated carbocycles. The molecule has 13 nitrogen and oxygen atoms in total. The molecule has 1 aliphatic rings. The molecule has 0 saturated heterocycles. The summed E-state index contributed by atoms with van der Waals surface area (Å²) in [6.07, 6.45) is 8.17. The standard InChI is InChI=1S/C25H40N6O7/c1-3-4-5-6-7-8-21(35)29-17(13-19(26)33)23(36)30-18(14-20(27)34)24(37)31-22(25(38)28-2)15-9-11-16(32)12-10-15/h5-8,15-18,22,32H,3-4,9-14H2,1-2H3,(H2,26,33)(H2,27,34)(H,28,38)(H,29,35)(H,30,36)(H,31,37)/b6-5+,8-7+/t15?,16?,17-,18-,22-/m1/s1. The zero-order chi connectivity index (χ0) is 28.7. The van der Waals surface area contributed by atoms with Crippen molar-refractivity contribution in [1.29, 1.82) is 0 Å². The number of aliphatic hydroxyl groups is 1. The number of primary amides is 2. The molecule has 0 aromatic carbocycles. The predicted octanol–water partition coefficient (Wildman–Crippen LogP) is -1.60. The lowest BCUT2D eigenvalue weighted by atomic mass is 9.82. The van der Waals surface area contributed by atoms with Gasteiger partial charge in [0.2, 0.25) is 35.4 Å². The number of amides is 6. The Bertz CT molecular complexity index is 912. The van der Waals surface area contributed by atoms with Crippen molar-refractivity contribution in [3.8, 4) is 0 Å². The summed E-state index contributed by atoms with van der Waals surface area (Å²) in [4.78, 5) is 73.9. The van der Waals surface area contributed by atoms with E-state index in [1.165, 1.54) is 13.1 Å². The highest BCUT2D eigenvalue weighted by atomic mass is 16.3. The molecule has 9 N–H and O–H groups in total. The second kappa shape index (κ2) is 16.9. The summed E-state index contributed by atoms with van der Waals surface area (Å²) in [5, 5.41) is 19.5. The van der Waals surface area contributed by atoms with Gasteiger partial charge < -0.3 is 37.8 Å². The molecule has 212 valence electrons. The van der Waals surface area contributed by atoms with Crippen LogP contribution in [-0.4, -0.2) is 71.8 Å². The fourth-order valence-corrected chi connectivity index (χ4v) is 4.04. The van der Waals surface area contributed by atoms with Gasteiger partial charge in [-0.25, -0.2) is 0 Å². The first-order valence-corrected chi connectivity index (χ1v) is 12.7. The van der Waals surface area contributed by atoms with E-state index in [2.05, 4.69) is 21.3 Å². The number of nitrogens with one attached hydrogen (secondary N) is 4. The van der Waals surface area contributed by atoms with E-state index >= 15 is 0 Å². The van der Waals surface area contributed by atoms with E-state index in [0.717, 1.165) is 18.9 Å². The number of nitrogens with two attached hydrogens (primary N) is 2. The number of carbonyl (C=O) groups is 6. The average molecular weight is 537 g/mol. The molecule has 13 heteroatoms. The van der Waals surface area contributed by atoms with Crippen LogP contribution in [0.15, 0.2) is 24.3 Å². The zero-order valence-electron chi connectivity index (χ0n) is 21.9. The second-order valence-electron chi connectivity index (χ2n) is 9.21. The number of likely N-dealkylation sites (N-methyl/N-ethyl adjacent to an activating group) is 1. The smallest absolute Gasteiger partial charge is 0.244 e. The fourth-order valence-electron chi connectivity index (χ4n) is 4.04. The van der Waals surface area contributed by atoms with Gasteiger partial charge in [0.25, 0.3) is 0 Å². The molecule has 3 atom stereocenters. The van der Waals surface area contributed by atoms with E-state index in [9.17, 15) is 33.9 Å². The summed E-state index contributed by atoms with van der Waals surface area (Å²) in [5.74, 6) is -4.99. The van der Waals surface area contributed by atoms with Crippen LogP contribution in [0.4, 0.5) is 0 Å². The number of aliphatic hydroxyl groups excluding tert-OH is 1. The van der Waals surface area contributed by atoms with Crippen LogP contribution in [0.2, 0.25) is 0 Å². The van der Waals surface area contributed by atoms with Crippen molar-refractivity contribution in [3.63, 3.8) is 0 Å². The van der Waals surface area contributed by atoms with E-state index < -0.39 is 72.5 Å². The van der Waals surface area contributed by atoms with Crippen molar-refractivity contribution < 1.29 is 33.9 Å². The molecule has 38 heavy (non-hydrogen) atoms. The van der Waals surface area contributed by atoms with Crippen molar-refractivity contribution in [3.05, 3.63) is 24.3 Å². The summed E-state index contributed by atoms with van der Waals surface area (Å²) in [6.45, 7) is 2.00. The topological polar surface area (TPSA) is 223 Å². The molecule has 0 heterocycles. The molecule has 0 radical (unpaired) electrons. The van der Waals surface area contributed by atoms with E-state index in [1.54, 1.807) is 6.08 Å². The Morgan fingerprint density at radius 2 is 1.39 bits per heavy atom. The van der Waals surface area contributed by atoms with E-state index in [-0.39, 0.29) is 5.92 Å². The Kier molecular flexibility index (Phi) is 14.4. The maximum absolute atomic E-state index is 13.1. The lowest BCUT2D eigenvalue weighted by Gasteiger charge is -2.32. The number of hydrogen-bond acceptors (Lipinski definition) is 7. The SMILES string of the molecule is CCC/C=C/C=C/C(=O)N[C@H](CC(N)=O)C(=O)N[C@H](CC(N)=O)C(=O)N[C@@H](C(=O)NC)C1CCC(O)CC1. The Labute approximate surface area is 222 Å². The highest BCUT2D eigenvalue weighted by molar-refractivity contribution is 5.98. The lowest BCUT2D eigenvalue weighted by Crippen LogP contribution is -2.59. The van der Waals surface area contributed by atoms with E-state index in [0.29, 0.717) is 25.7 Å². The van der Waals surface area contributed by atoms with Gasteiger partial charge >= 0.3 is 0 Å². The molecule has 0 spiro atoms. The highest BCUT2D eigenvalue weighted by Gasteiger charge is 2.35. The Morgan fingerprint density at radius 3 is 1.92 bits per heavy atom. The first kappa shape index (κ1) is 32.3. The van der Waals surface area contributed by atoms with Crippen molar-refractivity contribution >= 4 is 35.4 Å². The maximum atomic E-state index is 13.1. The molecule has 0 unspecified atom stereocenters. The third kappa shape index (κ3) is 12.0. The number of rotatable bonds is 15. The van der Waals surface area contributed by atoms with Crippen molar-refractivity contribution in [2.75, 3.05) is 7.05 Å². The van der Waals surface area contributed by atoms with Crippen molar-refractivity contribution in [2.45, 2.75) is 82.5 Å². The van der Waals surface area contributed by atoms with Crippen LogP contribution in [0.25, 0.3) is 0 Å². The van der Waals surface area contributed by atoms with Gasteiger partial charge in [0.15, 0.2) is 0 Å². The van der Waals surface area contributed by atoms with Crippen LogP contribution in [0.3, 0.4) is 0 Å². The minimum atomic E-state index is -1.49. The minimum Gasteiger partial charge on any atom is -0.393 e. The highest BCUT2D eigenvalue weighted by Crippen LogP contribution is 2.27. The lowest BCUT2D eigenvalue weighted by molar-refractivity contribution is -0.136. The van der Waals surface area contributed by atoms with Crippen LogP contribution in [0.1, 0.15) is 58.3 Å². The molecular formula is C25H40N6O7. The molecular weight excluding hydrogens is 496 g/mol. The normalized spacial score (nSPS) is 19.8. The van der Waals surface area contributed by atoms with Crippen LogP contribution in [0.5, 0.6) is 0 Å². The molecule has 1 rings (SSSR count). The van der Waals surface area contributed by atoms with E-state index in [4.69, 9.17) is 11.5 Å². The molecule has 1 aliphatic carbocycles. The zero-order valence-corrected chi connectivity index (χ0v) is 21.9. The van der Waals surface area contributed by atoms with Crippen molar-refractivity contribution in [2.24, 2.45) is 17.4 Å². The summed E-state index contributed by atoms with van der Waals surface area (Å²) < 4.78 is 0. The number of carbonyl (C=O) groups excluding carboxylic acids is 6. The minimum absolute atomic E-state index is 0.271. The van der Waals surface area contributed by atoms with Gasteiger partial charge in [0, 0.05) is 13.1 Å². The van der Waals surface area contributed by atoms with Gasteiger partial charge in [-0.2, -0.15) is 0 Å². The molecule has 0 aromatic rings. The second-order valence-corrected chi connectivity index (χ2v) is 9.21. The third-order valence-electron chi connectivity index (χ3n) is 6.07. The molecule has 1 fully saturated rings. The van der Waals surface area contributed by atoms with Crippen LogP contribution >= 0.6 is 0 Å². The summed E-state index contributed by atoms with van der Waals surface area (Å²) in [7, 11) is 1.41. The van der Waals surface area contributed by atoms with Gasteiger partial charge in [-0.3, -0.25) is 28.8 Å². The van der Waals surface area contributed by atoms with Gasteiger partial charge in [-0.1, -0.05) is 31.6 Å². The molecule has 0 aliphatic heterocycles. The van der Waals surface area contributed by atoms with Crippen molar-refractivity contribution in [1.82, 2.24) is 21.3 Å². The Balaban J connectivity index is 3.00. The number of unbranched alkanes of at least 4 members (excludes halogenated alkanes) is 1. The quantitative estimate of drug-likeness (QED) is 0.0958. The largest absolute Gasteiger partial charge is 0.393 e. The van der Waals surface area contributed by atoms with Gasteiger partial charge in [0.05, 0.1) is 18.9 Å². The van der Waals surface area contributed by atoms with Crippen LogP contribution in [0, 0.1) is 5.92 Å². The maximum Gasteiger partial charge on any atom is 0.244 e. The summed E-state index contributed by atoms with van der Waals surface area (Å²) >= 11 is 0. The van der Waals surface area contributed by atoms with Gasteiger partial charge in [-0.15, -0.1) is 0 Å². The summed E-state index contributed by atoms with van der Waals surface area (Å²) in [5.41, 5.74) is 10.5. The van der Waals surface area contributed by atoms with Crippen LogP contribution < -0.4 is 32.7 Å². The molecule has 0 aromatic heterocycles. The Morgan fingerprint density at radius 1 is 0.842 bits per heavy atom. The Hall–Kier alpha value is -3.74. The van der Waals surface area contributed by atoms with E-state index in [1.807, 2.05) is 13.0 Å². The first-order chi connectivity index (χ1) is 18.0. The average Bonchev–Trinajstić information content (AvgIpc) is 2.85. The molecule has 6 amide bonds. The predicted molar refractivity (Wildman–Crippen MR) is 139 cm³/mol. The molecule has 0 bridgehead atoms. The fraction of sp³-hybridized carbons (Fsp3) is 0.600. The first-order valence-electron chi connectivity index (χ1n) is 12.7. The summed E-state index contributed by atoms with van der Waals surface area (Å²) in [6, 6.07) is -3.89. The number of hydrogen-bond donors (Lipinski definition) is 7. The number of allylic oxidation sites excluding steroid dienone is 3. The van der Waals surface area contributed by atoms with Gasteiger partial charge in [0.1, 0.15) is 18.1 Å². The van der Waals surface area contributed by atoms with Gasteiger partial charge in [-0.05, 0) is 38.0 Å². The van der Waals surface area contributed by atoms with Crippen LogP contribution in [-0.2, 0) is 28.8 Å². The third-order valence-corrected chi connectivity index (χ3v) is 6.07.